The molecule has 1 aromatic heterocycles. The number of hydrogen-bond acceptors (Lipinski definition) is 2. The molecule has 0 amide bonds. The lowest BCUT2D eigenvalue weighted by Gasteiger charge is -2.10. The molecule has 2 rings (SSSR count). The average molecular weight is 248 g/mol. The van der Waals surface area contributed by atoms with Gasteiger partial charge in [-0.15, -0.1) is 0 Å². The molecule has 0 aliphatic rings. The molecule has 1 aromatic carbocycles. The number of fused-ring (bicyclic) bond motifs is 1. The topological polar surface area (TPSA) is 27.1 Å². The summed E-state index contributed by atoms with van der Waals surface area (Å²) in [4.78, 5) is 0. The molecule has 0 bridgehead atoms. The summed E-state index contributed by atoms with van der Waals surface area (Å²) in [6, 6.07) is 6.38. The number of hydrogen-bond donors (Lipinski definition) is 0. The smallest absolute Gasteiger partial charge is 0.0717 e. The number of para-hydroxylation sites is 1. The Labute approximate surface area is 110 Å². The maximum Gasteiger partial charge on any atom is 0.0717 e. The second kappa shape index (κ2) is 7.17. The molecule has 2 aromatic rings. The Bertz CT molecular complexity index is 474. The average Bonchev–Trinajstić information content (AvgIpc) is 2.81. The number of rotatable bonds is 4. The zero-order valence-electron chi connectivity index (χ0n) is 12.1. The fraction of sp³-hybridized carbons (Fsp3) is 0.533. The van der Waals surface area contributed by atoms with Crippen LogP contribution in [0.5, 0.6) is 0 Å². The fourth-order valence-electron chi connectivity index (χ4n) is 1.99. The van der Waals surface area contributed by atoms with Crippen LogP contribution < -0.4 is 0 Å². The molecule has 0 saturated heterocycles. The lowest BCUT2D eigenvalue weighted by Crippen LogP contribution is -2.07. The van der Waals surface area contributed by atoms with Crippen LogP contribution in [0.25, 0.3) is 10.9 Å². The van der Waals surface area contributed by atoms with E-state index in [1.807, 2.05) is 24.7 Å². The van der Waals surface area contributed by atoms with Crippen LogP contribution in [0.2, 0.25) is 0 Å². The molecule has 0 aliphatic heterocycles. The van der Waals surface area contributed by atoms with Gasteiger partial charge in [-0.1, -0.05) is 45.9 Å². The number of methoxy groups -OCH3 is 1. The Morgan fingerprint density at radius 1 is 1.28 bits per heavy atom. The van der Waals surface area contributed by atoms with Crippen LogP contribution in [0.1, 0.15) is 39.2 Å². The Balaban J connectivity index is 0.000000771. The molecule has 0 radical (unpaired) electrons. The molecule has 0 fully saturated rings. The van der Waals surface area contributed by atoms with Gasteiger partial charge in [0.1, 0.15) is 0 Å². The molecule has 0 spiro atoms. The predicted octanol–water partition coefficient (Wildman–Crippen LogP) is 3.83. The van der Waals surface area contributed by atoms with Gasteiger partial charge < -0.3 is 4.74 Å². The van der Waals surface area contributed by atoms with Crippen LogP contribution in [0, 0.1) is 0 Å². The van der Waals surface area contributed by atoms with Gasteiger partial charge in [0.2, 0.25) is 0 Å². The van der Waals surface area contributed by atoms with E-state index < -0.39 is 0 Å². The van der Waals surface area contributed by atoms with E-state index in [4.69, 9.17) is 4.74 Å². The van der Waals surface area contributed by atoms with Crippen molar-refractivity contribution in [1.82, 2.24) is 9.78 Å². The van der Waals surface area contributed by atoms with Crippen molar-refractivity contribution in [3.05, 3.63) is 30.0 Å². The van der Waals surface area contributed by atoms with E-state index >= 15 is 0 Å². The molecule has 3 nitrogen and oxygen atoms in total. The number of ether oxygens (including phenoxy) is 1. The lowest BCUT2D eigenvalue weighted by atomic mass is 10.0. The van der Waals surface area contributed by atoms with Crippen molar-refractivity contribution in [2.45, 2.75) is 40.2 Å². The molecule has 0 N–H and O–H groups in total. The molecular weight excluding hydrogens is 224 g/mol. The summed E-state index contributed by atoms with van der Waals surface area (Å²) in [6.45, 7) is 9.93. The molecule has 0 saturated carbocycles. The summed E-state index contributed by atoms with van der Waals surface area (Å²) in [5, 5.41) is 5.62. The van der Waals surface area contributed by atoms with Gasteiger partial charge in [-0.2, -0.15) is 5.10 Å². The van der Waals surface area contributed by atoms with E-state index in [0.717, 1.165) is 6.54 Å². The Morgan fingerprint density at radius 2 is 2.00 bits per heavy atom. The van der Waals surface area contributed by atoms with Crippen LogP contribution in [0.3, 0.4) is 0 Å². The van der Waals surface area contributed by atoms with Crippen molar-refractivity contribution >= 4 is 10.9 Å². The monoisotopic (exact) mass is 248 g/mol. The van der Waals surface area contributed by atoms with Gasteiger partial charge in [0.05, 0.1) is 24.9 Å². The SMILES string of the molecule is CC.COCCn1ncc2cccc(C(C)C)c21. The largest absolute Gasteiger partial charge is 0.383 e. The number of benzene rings is 1. The maximum atomic E-state index is 5.10. The van der Waals surface area contributed by atoms with E-state index in [1.165, 1.54) is 16.5 Å². The van der Waals surface area contributed by atoms with E-state index in [9.17, 15) is 0 Å². The quantitative estimate of drug-likeness (QED) is 0.822. The first-order chi connectivity index (χ1) is 8.74. The van der Waals surface area contributed by atoms with Crippen molar-refractivity contribution in [3.8, 4) is 0 Å². The zero-order valence-corrected chi connectivity index (χ0v) is 12.1. The Morgan fingerprint density at radius 3 is 2.61 bits per heavy atom. The van der Waals surface area contributed by atoms with Gasteiger partial charge in [-0.05, 0) is 11.5 Å². The second-order valence-electron chi connectivity index (χ2n) is 4.30. The Hall–Kier alpha value is -1.35. The summed E-state index contributed by atoms with van der Waals surface area (Å²) in [5.74, 6) is 0.515. The first-order valence-electron chi connectivity index (χ1n) is 6.67. The van der Waals surface area contributed by atoms with Gasteiger partial charge >= 0.3 is 0 Å². The highest BCUT2D eigenvalue weighted by Crippen LogP contribution is 2.24. The molecule has 18 heavy (non-hydrogen) atoms. The molecule has 100 valence electrons. The highest BCUT2D eigenvalue weighted by Gasteiger charge is 2.09. The minimum absolute atomic E-state index is 0.515. The summed E-state index contributed by atoms with van der Waals surface area (Å²) in [5.41, 5.74) is 2.60. The van der Waals surface area contributed by atoms with Crippen LogP contribution in [-0.4, -0.2) is 23.5 Å². The van der Waals surface area contributed by atoms with Gasteiger partial charge in [-0.3, -0.25) is 4.68 Å². The third-order valence-electron chi connectivity index (χ3n) is 2.82. The molecule has 1 heterocycles. The zero-order chi connectivity index (χ0) is 13.5. The third kappa shape index (κ3) is 3.10. The summed E-state index contributed by atoms with van der Waals surface area (Å²) >= 11 is 0. The lowest BCUT2D eigenvalue weighted by molar-refractivity contribution is 0.185. The predicted molar refractivity (Wildman–Crippen MR) is 77.0 cm³/mol. The molecule has 0 atom stereocenters. The fourth-order valence-corrected chi connectivity index (χ4v) is 1.99. The minimum Gasteiger partial charge on any atom is -0.383 e. The van der Waals surface area contributed by atoms with E-state index in [-0.39, 0.29) is 0 Å². The summed E-state index contributed by atoms with van der Waals surface area (Å²) in [6.07, 6.45) is 1.93. The minimum atomic E-state index is 0.515. The summed E-state index contributed by atoms with van der Waals surface area (Å²) in [7, 11) is 1.72. The number of aromatic nitrogens is 2. The number of nitrogens with zero attached hydrogens (tertiary/aromatic N) is 2. The van der Waals surface area contributed by atoms with Crippen LogP contribution >= 0.6 is 0 Å². The second-order valence-corrected chi connectivity index (χ2v) is 4.30. The van der Waals surface area contributed by atoms with Crippen molar-refractivity contribution in [2.24, 2.45) is 0 Å². The van der Waals surface area contributed by atoms with E-state index in [0.29, 0.717) is 12.5 Å². The van der Waals surface area contributed by atoms with Gasteiger partial charge in [0.25, 0.3) is 0 Å². The highest BCUT2D eigenvalue weighted by molar-refractivity contribution is 5.82. The van der Waals surface area contributed by atoms with Crippen molar-refractivity contribution < 1.29 is 4.74 Å². The standard InChI is InChI=1S/C13H18N2O.C2H6/c1-10(2)12-6-4-5-11-9-14-15(13(11)12)7-8-16-3;1-2/h4-6,9-10H,7-8H2,1-3H3;1-2H3. The van der Waals surface area contributed by atoms with E-state index in [2.05, 4.69) is 37.1 Å². The van der Waals surface area contributed by atoms with Crippen LogP contribution in [-0.2, 0) is 11.3 Å². The van der Waals surface area contributed by atoms with Crippen molar-refractivity contribution in [3.63, 3.8) is 0 Å². The van der Waals surface area contributed by atoms with Gasteiger partial charge in [0, 0.05) is 12.5 Å². The third-order valence-corrected chi connectivity index (χ3v) is 2.82. The first kappa shape index (κ1) is 14.7. The summed E-state index contributed by atoms with van der Waals surface area (Å²) < 4.78 is 7.14. The Kier molecular flexibility index (Phi) is 5.86. The van der Waals surface area contributed by atoms with Crippen LogP contribution in [0.15, 0.2) is 24.4 Å². The normalized spacial score (nSPS) is 10.6. The first-order valence-corrected chi connectivity index (χ1v) is 6.67. The molecule has 0 unspecified atom stereocenters. The van der Waals surface area contributed by atoms with Crippen molar-refractivity contribution in [2.75, 3.05) is 13.7 Å². The van der Waals surface area contributed by atoms with Gasteiger partial charge in [0.15, 0.2) is 0 Å². The van der Waals surface area contributed by atoms with Crippen LogP contribution in [0.4, 0.5) is 0 Å². The van der Waals surface area contributed by atoms with Gasteiger partial charge in [-0.25, -0.2) is 0 Å². The molecule has 3 heteroatoms. The highest BCUT2D eigenvalue weighted by atomic mass is 16.5. The maximum absolute atomic E-state index is 5.10. The molecular formula is C15H24N2O. The van der Waals surface area contributed by atoms with E-state index in [1.54, 1.807) is 7.11 Å². The van der Waals surface area contributed by atoms with Crippen molar-refractivity contribution in [1.29, 1.82) is 0 Å². The molecule has 0 aliphatic carbocycles.